The van der Waals surface area contributed by atoms with Crippen molar-refractivity contribution in [2.24, 2.45) is 5.92 Å². The molecule has 0 saturated carbocycles. The van der Waals surface area contributed by atoms with Crippen LogP contribution in [0.25, 0.3) is 0 Å². The van der Waals surface area contributed by atoms with Crippen LogP contribution in [0.1, 0.15) is 17.7 Å². The second-order valence-corrected chi connectivity index (χ2v) is 7.08. The maximum atomic E-state index is 12.3. The lowest BCUT2D eigenvalue weighted by Crippen LogP contribution is -2.34. The summed E-state index contributed by atoms with van der Waals surface area (Å²) in [6.07, 6.45) is 2.71. The fourth-order valence-corrected chi connectivity index (χ4v) is 3.41. The van der Waals surface area contributed by atoms with Crippen molar-refractivity contribution in [2.45, 2.75) is 19.4 Å². The first kappa shape index (κ1) is 17.6. The predicted octanol–water partition coefficient (Wildman–Crippen LogP) is 2.55. The third kappa shape index (κ3) is 4.89. The number of pyridine rings is 1. The van der Waals surface area contributed by atoms with Gasteiger partial charge < -0.3 is 10.2 Å². The molecular formula is C19H20BrN3O2. The quantitative estimate of drug-likeness (QED) is 0.808. The predicted molar refractivity (Wildman–Crippen MR) is 98.6 cm³/mol. The van der Waals surface area contributed by atoms with E-state index >= 15 is 0 Å². The van der Waals surface area contributed by atoms with Gasteiger partial charge in [-0.1, -0.05) is 34.1 Å². The van der Waals surface area contributed by atoms with Crippen LogP contribution in [0.4, 0.5) is 0 Å². The molecule has 1 saturated heterocycles. The molecule has 1 aliphatic heterocycles. The molecule has 0 aliphatic carbocycles. The van der Waals surface area contributed by atoms with Crippen LogP contribution in [0.3, 0.4) is 0 Å². The van der Waals surface area contributed by atoms with Crippen LogP contribution in [0.15, 0.2) is 53.1 Å². The first-order valence-electron chi connectivity index (χ1n) is 8.31. The summed E-state index contributed by atoms with van der Waals surface area (Å²) in [5.41, 5.74) is 2.00. The number of halogens is 1. The van der Waals surface area contributed by atoms with Crippen LogP contribution < -0.4 is 5.32 Å². The van der Waals surface area contributed by atoms with E-state index in [1.165, 1.54) is 0 Å². The zero-order valence-electron chi connectivity index (χ0n) is 13.8. The third-order valence-corrected chi connectivity index (χ3v) is 4.75. The van der Waals surface area contributed by atoms with Gasteiger partial charge in [0.25, 0.3) is 0 Å². The van der Waals surface area contributed by atoms with Crippen LogP contribution in [-0.2, 0) is 22.6 Å². The Hall–Kier alpha value is -2.21. The second kappa shape index (κ2) is 8.25. The molecule has 0 radical (unpaired) electrons. The highest BCUT2D eigenvalue weighted by molar-refractivity contribution is 9.10. The fourth-order valence-electron chi connectivity index (χ4n) is 2.96. The van der Waals surface area contributed by atoms with E-state index in [9.17, 15) is 9.59 Å². The molecule has 1 aliphatic rings. The first-order valence-corrected chi connectivity index (χ1v) is 9.11. The molecular weight excluding hydrogens is 382 g/mol. The third-order valence-electron chi connectivity index (χ3n) is 4.25. The van der Waals surface area contributed by atoms with Gasteiger partial charge in [0.1, 0.15) is 0 Å². The highest BCUT2D eigenvalue weighted by Gasteiger charge is 2.34. The summed E-state index contributed by atoms with van der Waals surface area (Å²) in [4.78, 5) is 30.5. The zero-order chi connectivity index (χ0) is 17.6. The summed E-state index contributed by atoms with van der Waals surface area (Å²) in [5.74, 6) is -0.297. The molecule has 2 heterocycles. The lowest BCUT2D eigenvalue weighted by atomic mass is 10.1. The summed E-state index contributed by atoms with van der Waals surface area (Å²) in [6.45, 7) is 1.54. The maximum absolute atomic E-state index is 12.3. The molecule has 1 fully saturated rings. The molecule has 1 unspecified atom stereocenters. The number of benzene rings is 1. The molecule has 1 atom stereocenters. The van der Waals surface area contributed by atoms with E-state index in [1.54, 1.807) is 11.1 Å². The first-order chi connectivity index (χ1) is 12.1. The minimum absolute atomic E-state index is 0.0323. The van der Waals surface area contributed by atoms with Gasteiger partial charge in [0.15, 0.2) is 0 Å². The summed E-state index contributed by atoms with van der Waals surface area (Å²) in [6, 6.07) is 13.6. The van der Waals surface area contributed by atoms with Gasteiger partial charge >= 0.3 is 0 Å². The molecule has 25 heavy (non-hydrogen) atoms. The Morgan fingerprint density at radius 3 is 2.92 bits per heavy atom. The van der Waals surface area contributed by atoms with E-state index in [-0.39, 0.29) is 24.2 Å². The Morgan fingerprint density at radius 1 is 1.28 bits per heavy atom. The summed E-state index contributed by atoms with van der Waals surface area (Å²) < 4.78 is 0.987. The van der Waals surface area contributed by atoms with E-state index in [0.717, 1.165) is 15.7 Å². The van der Waals surface area contributed by atoms with E-state index in [0.29, 0.717) is 26.1 Å². The highest BCUT2D eigenvalue weighted by atomic mass is 79.9. The standard InChI is InChI=1S/C19H20BrN3O2/c20-16-5-3-4-14(10-16)12-23-13-15(11-18(23)24)19(25)22-9-7-17-6-1-2-8-21-17/h1-6,8,10,15H,7,9,11-13H2,(H,22,25). The van der Waals surface area contributed by atoms with Gasteiger partial charge in [-0.05, 0) is 29.8 Å². The smallest absolute Gasteiger partial charge is 0.225 e. The molecule has 6 heteroatoms. The molecule has 5 nitrogen and oxygen atoms in total. The number of carbonyl (C=O) groups excluding carboxylic acids is 2. The highest BCUT2D eigenvalue weighted by Crippen LogP contribution is 2.21. The number of nitrogens with one attached hydrogen (secondary N) is 1. The second-order valence-electron chi connectivity index (χ2n) is 6.17. The zero-order valence-corrected chi connectivity index (χ0v) is 15.4. The van der Waals surface area contributed by atoms with E-state index in [4.69, 9.17) is 0 Å². The number of amides is 2. The van der Waals surface area contributed by atoms with Crippen LogP contribution in [-0.4, -0.2) is 34.8 Å². The molecule has 1 N–H and O–H groups in total. The average Bonchev–Trinajstić information content (AvgIpc) is 2.97. The van der Waals surface area contributed by atoms with Gasteiger partial charge in [0.05, 0.1) is 5.92 Å². The van der Waals surface area contributed by atoms with Gasteiger partial charge in [-0.2, -0.15) is 0 Å². The van der Waals surface area contributed by atoms with Crippen molar-refractivity contribution < 1.29 is 9.59 Å². The van der Waals surface area contributed by atoms with Gasteiger partial charge in [-0.15, -0.1) is 0 Å². The Bertz CT molecular complexity index is 751. The van der Waals surface area contributed by atoms with Crippen molar-refractivity contribution in [1.29, 1.82) is 0 Å². The van der Waals surface area contributed by atoms with Crippen molar-refractivity contribution in [1.82, 2.24) is 15.2 Å². The van der Waals surface area contributed by atoms with E-state index in [2.05, 4.69) is 26.2 Å². The molecule has 0 bridgehead atoms. The topological polar surface area (TPSA) is 62.3 Å². The van der Waals surface area contributed by atoms with Gasteiger partial charge in [0, 0.05) is 48.8 Å². The summed E-state index contributed by atoms with van der Waals surface area (Å²) >= 11 is 3.44. The van der Waals surface area contributed by atoms with Gasteiger partial charge in [0.2, 0.25) is 11.8 Å². The van der Waals surface area contributed by atoms with Gasteiger partial charge in [-0.25, -0.2) is 0 Å². The van der Waals surface area contributed by atoms with Crippen molar-refractivity contribution in [3.8, 4) is 0 Å². The van der Waals surface area contributed by atoms with Crippen molar-refractivity contribution >= 4 is 27.7 Å². The number of rotatable bonds is 6. The Balaban J connectivity index is 1.48. The molecule has 1 aromatic carbocycles. The molecule has 2 aromatic rings. The normalized spacial score (nSPS) is 16.9. The monoisotopic (exact) mass is 401 g/mol. The van der Waals surface area contributed by atoms with Crippen molar-refractivity contribution in [3.63, 3.8) is 0 Å². The van der Waals surface area contributed by atoms with Crippen LogP contribution in [0.5, 0.6) is 0 Å². The molecule has 1 aromatic heterocycles. The number of likely N-dealkylation sites (tertiary alicyclic amines) is 1. The Kier molecular flexibility index (Phi) is 5.81. The number of nitrogens with zero attached hydrogens (tertiary/aromatic N) is 2. The molecule has 3 rings (SSSR count). The number of aromatic nitrogens is 1. The number of hydrogen-bond donors (Lipinski definition) is 1. The molecule has 2 amide bonds. The largest absolute Gasteiger partial charge is 0.355 e. The summed E-state index contributed by atoms with van der Waals surface area (Å²) in [5, 5.41) is 2.92. The SMILES string of the molecule is O=C(NCCc1ccccn1)C1CC(=O)N(Cc2cccc(Br)c2)C1. The minimum atomic E-state index is -0.275. The van der Waals surface area contributed by atoms with Crippen molar-refractivity contribution in [2.75, 3.05) is 13.1 Å². The lowest BCUT2D eigenvalue weighted by Gasteiger charge is -2.17. The lowest BCUT2D eigenvalue weighted by molar-refractivity contribution is -0.129. The number of carbonyl (C=O) groups is 2. The minimum Gasteiger partial charge on any atom is -0.355 e. The fraction of sp³-hybridized carbons (Fsp3) is 0.316. The van der Waals surface area contributed by atoms with E-state index < -0.39 is 0 Å². The van der Waals surface area contributed by atoms with Crippen molar-refractivity contribution in [3.05, 3.63) is 64.4 Å². The van der Waals surface area contributed by atoms with Crippen LogP contribution >= 0.6 is 15.9 Å². The Labute approximate surface area is 155 Å². The number of hydrogen-bond acceptors (Lipinski definition) is 3. The average molecular weight is 402 g/mol. The molecule has 130 valence electrons. The van der Waals surface area contributed by atoms with Crippen LogP contribution in [0, 0.1) is 5.92 Å². The van der Waals surface area contributed by atoms with Crippen LogP contribution in [0.2, 0.25) is 0 Å². The van der Waals surface area contributed by atoms with Gasteiger partial charge in [-0.3, -0.25) is 14.6 Å². The summed E-state index contributed by atoms with van der Waals surface area (Å²) in [7, 11) is 0. The molecule has 0 spiro atoms. The Morgan fingerprint density at radius 2 is 2.16 bits per heavy atom. The van der Waals surface area contributed by atoms with E-state index in [1.807, 2.05) is 42.5 Å². The maximum Gasteiger partial charge on any atom is 0.225 e.